The second kappa shape index (κ2) is 6.89. The topological polar surface area (TPSA) is 58.6 Å². The van der Waals surface area contributed by atoms with Gasteiger partial charge in [0, 0.05) is 12.1 Å². The molecular formula is C16H22FNO3. The first-order valence-electron chi connectivity index (χ1n) is 7.45. The molecule has 0 aliphatic heterocycles. The van der Waals surface area contributed by atoms with Gasteiger partial charge in [-0.25, -0.2) is 4.39 Å². The van der Waals surface area contributed by atoms with E-state index in [4.69, 9.17) is 4.74 Å². The molecule has 1 aromatic carbocycles. The van der Waals surface area contributed by atoms with E-state index in [0.29, 0.717) is 37.7 Å². The summed E-state index contributed by atoms with van der Waals surface area (Å²) in [5.41, 5.74) is -0.869. The molecule has 1 fully saturated rings. The zero-order valence-electron chi connectivity index (χ0n) is 12.3. The predicted octanol–water partition coefficient (Wildman–Crippen LogP) is 2.97. The Morgan fingerprint density at radius 2 is 2.29 bits per heavy atom. The number of ether oxygens (including phenoxy) is 1. The van der Waals surface area contributed by atoms with Gasteiger partial charge in [-0.15, -0.1) is 0 Å². The number of carbonyl (C=O) groups is 1. The van der Waals surface area contributed by atoms with Gasteiger partial charge in [-0.3, -0.25) is 10.1 Å². The van der Waals surface area contributed by atoms with Crippen molar-refractivity contribution in [2.75, 3.05) is 6.61 Å². The largest absolute Gasteiger partial charge is 0.493 e. The molecule has 21 heavy (non-hydrogen) atoms. The Balaban J connectivity index is 1.82. The summed E-state index contributed by atoms with van der Waals surface area (Å²) < 4.78 is 18.5. The van der Waals surface area contributed by atoms with E-state index >= 15 is 0 Å². The Labute approximate surface area is 124 Å². The fraction of sp³-hybridized carbons (Fsp3) is 0.562. The van der Waals surface area contributed by atoms with Crippen molar-refractivity contribution in [1.29, 1.82) is 0 Å². The summed E-state index contributed by atoms with van der Waals surface area (Å²) in [5.74, 6) is -0.665. The number of hydrogen-bond acceptors (Lipinski definition) is 3. The second-order valence-electron chi connectivity index (χ2n) is 5.57. The molecule has 5 heteroatoms. The molecule has 2 rings (SSSR count). The van der Waals surface area contributed by atoms with Crippen molar-refractivity contribution >= 4 is 5.97 Å². The summed E-state index contributed by atoms with van der Waals surface area (Å²) in [5, 5.41) is 12.7. The maximum absolute atomic E-state index is 13.0. The third-order valence-corrected chi connectivity index (χ3v) is 3.88. The van der Waals surface area contributed by atoms with Gasteiger partial charge in [-0.1, -0.05) is 13.0 Å². The predicted molar refractivity (Wildman–Crippen MR) is 77.9 cm³/mol. The van der Waals surface area contributed by atoms with Crippen LogP contribution >= 0.6 is 0 Å². The minimum atomic E-state index is -0.869. The molecule has 1 aliphatic rings. The fourth-order valence-corrected chi connectivity index (χ4v) is 2.41. The number of hydrogen-bond donors (Lipinski definition) is 2. The van der Waals surface area contributed by atoms with Crippen LogP contribution < -0.4 is 10.1 Å². The molecule has 0 saturated heterocycles. The van der Waals surface area contributed by atoms with Crippen LogP contribution in [0, 0.1) is 5.82 Å². The third kappa shape index (κ3) is 4.43. The van der Waals surface area contributed by atoms with E-state index < -0.39 is 11.5 Å². The van der Waals surface area contributed by atoms with Crippen molar-refractivity contribution in [3.63, 3.8) is 0 Å². The van der Waals surface area contributed by atoms with Crippen LogP contribution in [0.5, 0.6) is 5.75 Å². The normalized spacial score (nSPS) is 17.2. The van der Waals surface area contributed by atoms with E-state index in [1.54, 1.807) is 12.1 Å². The van der Waals surface area contributed by atoms with Crippen LogP contribution in [0.1, 0.15) is 39.0 Å². The van der Waals surface area contributed by atoms with E-state index in [9.17, 15) is 14.3 Å². The van der Waals surface area contributed by atoms with Crippen LogP contribution in [0.3, 0.4) is 0 Å². The molecule has 0 bridgehead atoms. The van der Waals surface area contributed by atoms with Gasteiger partial charge in [0.15, 0.2) is 0 Å². The molecule has 4 nitrogen and oxygen atoms in total. The van der Waals surface area contributed by atoms with Crippen LogP contribution in [-0.4, -0.2) is 29.3 Å². The number of benzene rings is 1. The van der Waals surface area contributed by atoms with Crippen LogP contribution in [0.25, 0.3) is 0 Å². The summed E-state index contributed by atoms with van der Waals surface area (Å²) >= 11 is 0. The molecule has 0 spiro atoms. The lowest BCUT2D eigenvalue weighted by Gasteiger charge is -2.29. The highest BCUT2D eigenvalue weighted by Crippen LogP contribution is 2.27. The molecule has 1 aromatic rings. The highest BCUT2D eigenvalue weighted by molar-refractivity contribution is 5.78. The lowest BCUT2D eigenvalue weighted by Crippen LogP contribution is -2.52. The minimum Gasteiger partial charge on any atom is -0.493 e. The average Bonchev–Trinajstić information content (AvgIpc) is 3.26. The Bertz CT molecular complexity index is 490. The Kier molecular flexibility index (Phi) is 5.17. The van der Waals surface area contributed by atoms with Crippen molar-refractivity contribution in [2.24, 2.45) is 0 Å². The molecule has 0 aromatic heterocycles. The van der Waals surface area contributed by atoms with Gasteiger partial charge in [0.25, 0.3) is 0 Å². The molecule has 0 heterocycles. The van der Waals surface area contributed by atoms with Crippen LogP contribution in [0.4, 0.5) is 4.39 Å². The van der Waals surface area contributed by atoms with Crippen molar-refractivity contribution in [1.82, 2.24) is 5.32 Å². The molecule has 2 N–H and O–H groups in total. The number of carboxylic acids is 1. The zero-order valence-corrected chi connectivity index (χ0v) is 12.3. The Hall–Kier alpha value is -1.62. The number of carboxylic acid groups (broad SMARTS) is 1. The molecular weight excluding hydrogens is 273 g/mol. The molecule has 0 amide bonds. The van der Waals surface area contributed by atoms with Crippen LogP contribution in [-0.2, 0) is 4.79 Å². The molecule has 1 saturated carbocycles. The SMILES string of the molecule is CCC(CCCOc1cccc(F)c1)(NC1CC1)C(=O)O. The van der Waals surface area contributed by atoms with Crippen molar-refractivity contribution in [3.8, 4) is 5.75 Å². The molecule has 0 radical (unpaired) electrons. The second-order valence-corrected chi connectivity index (χ2v) is 5.57. The summed E-state index contributed by atoms with van der Waals surface area (Å²) in [7, 11) is 0. The first-order valence-corrected chi connectivity index (χ1v) is 7.45. The standard InChI is InChI=1S/C16H22FNO3/c1-2-16(15(19)20,18-13-7-8-13)9-4-10-21-14-6-3-5-12(17)11-14/h3,5-6,11,13,18H,2,4,7-10H2,1H3,(H,19,20). The van der Waals surface area contributed by atoms with E-state index in [1.807, 2.05) is 6.92 Å². The van der Waals surface area contributed by atoms with Crippen molar-refractivity contribution in [2.45, 2.75) is 50.6 Å². The summed E-state index contributed by atoms with van der Waals surface area (Å²) in [4.78, 5) is 11.6. The molecule has 1 aliphatic carbocycles. The van der Waals surface area contributed by atoms with E-state index in [0.717, 1.165) is 12.8 Å². The summed E-state index contributed by atoms with van der Waals surface area (Å²) in [6.45, 7) is 2.27. The fourth-order valence-electron chi connectivity index (χ4n) is 2.41. The summed E-state index contributed by atoms with van der Waals surface area (Å²) in [6.07, 6.45) is 3.75. The third-order valence-electron chi connectivity index (χ3n) is 3.88. The maximum atomic E-state index is 13.0. The number of halogens is 1. The molecule has 1 unspecified atom stereocenters. The lowest BCUT2D eigenvalue weighted by atomic mass is 9.90. The van der Waals surface area contributed by atoms with Crippen LogP contribution in [0.2, 0.25) is 0 Å². The number of nitrogens with one attached hydrogen (secondary N) is 1. The van der Waals surface area contributed by atoms with E-state index in [1.165, 1.54) is 12.1 Å². The smallest absolute Gasteiger partial charge is 0.323 e. The van der Waals surface area contributed by atoms with Crippen molar-refractivity contribution in [3.05, 3.63) is 30.1 Å². The zero-order chi connectivity index (χ0) is 15.3. The first kappa shape index (κ1) is 15.8. The highest BCUT2D eigenvalue weighted by Gasteiger charge is 2.40. The molecule has 116 valence electrons. The minimum absolute atomic E-state index is 0.337. The first-order chi connectivity index (χ1) is 10.1. The van der Waals surface area contributed by atoms with Crippen LogP contribution in [0.15, 0.2) is 24.3 Å². The van der Waals surface area contributed by atoms with Gasteiger partial charge >= 0.3 is 5.97 Å². The highest BCUT2D eigenvalue weighted by atomic mass is 19.1. The van der Waals surface area contributed by atoms with Gasteiger partial charge in [-0.2, -0.15) is 0 Å². The summed E-state index contributed by atoms with van der Waals surface area (Å²) in [6, 6.07) is 6.30. The van der Waals surface area contributed by atoms with Gasteiger partial charge in [0.1, 0.15) is 17.1 Å². The lowest BCUT2D eigenvalue weighted by molar-refractivity contribution is -0.145. The number of aliphatic carboxylic acids is 1. The molecule has 1 atom stereocenters. The van der Waals surface area contributed by atoms with Crippen molar-refractivity contribution < 1.29 is 19.0 Å². The number of rotatable bonds is 9. The Morgan fingerprint density at radius 3 is 2.86 bits per heavy atom. The van der Waals surface area contributed by atoms with E-state index in [2.05, 4.69) is 5.32 Å². The Morgan fingerprint density at radius 1 is 1.52 bits per heavy atom. The van der Waals surface area contributed by atoms with Gasteiger partial charge < -0.3 is 9.84 Å². The maximum Gasteiger partial charge on any atom is 0.323 e. The monoisotopic (exact) mass is 295 g/mol. The van der Waals surface area contributed by atoms with Gasteiger partial charge in [0.05, 0.1) is 6.61 Å². The van der Waals surface area contributed by atoms with Gasteiger partial charge in [0.2, 0.25) is 0 Å². The average molecular weight is 295 g/mol. The van der Waals surface area contributed by atoms with E-state index in [-0.39, 0.29) is 5.82 Å². The van der Waals surface area contributed by atoms with Gasteiger partial charge in [-0.05, 0) is 44.2 Å². The quantitative estimate of drug-likeness (QED) is 0.688.